The van der Waals surface area contributed by atoms with E-state index >= 15 is 0 Å². The highest BCUT2D eigenvalue weighted by molar-refractivity contribution is 14.1. The number of benzene rings is 2. The zero-order valence-corrected chi connectivity index (χ0v) is 13.9. The molecule has 0 bridgehead atoms. The van der Waals surface area contributed by atoms with Crippen LogP contribution in [0.5, 0.6) is 5.75 Å². The minimum absolute atomic E-state index is 0.140. The molecular formula is C14H11BrINO2. The van der Waals surface area contributed by atoms with Crippen molar-refractivity contribution in [3.05, 3.63) is 56.1 Å². The minimum Gasteiger partial charge on any atom is -0.497 e. The Labute approximate surface area is 133 Å². The van der Waals surface area contributed by atoms with E-state index in [4.69, 9.17) is 4.74 Å². The Bertz CT molecular complexity index is 616. The molecule has 1 amide bonds. The van der Waals surface area contributed by atoms with Gasteiger partial charge in [0, 0.05) is 19.8 Å². The summed E-state index contributed by atoms with van der Waals surface area (Å²) in [5.41, 5.74) is 1.35. The van der Waals surface area contributed by atoms with Crippen LogP contribution < -0.4 is 10.1 Å². The quantitative estimate of drug-likeness (QED) is 0.735. The van der Waals surface area contributed by atoms with Crippen LogP contribution in [0.4, 0.5) is 5.69 Å². The van der Waals surface area contributed by atoms with Crippen molar-refractivity contribution in [1.82, 2.24) is 0 Å². The molecule has 0 aromatic heterocycles. The number of rotatable bonds is 3. The number of anilines is 1. The van der Waals surface area contributed by atoms with Crippen LogP contribution in [0.2, 0.25) is 0 Å². The summed E-state index contributed by atoms with van der Waals surface area (Å²) in [5, 5.41) is 2.86. The molecule has 0 atom stereocenters. The third-order valence-corrected chi connectivity index (χ3v) is 3.93. The Morgan fingerprint density at radius 2 is 2.05 bits per heavy atom. The monoisotopic (exact) mass is 431 g/mol. The van der Waals surface area contributed by atoms with Gasteiger partial charge < -0.3 is 10.1 Å². The van der Waals surface area contributed by atoms with Gasteiger partial charge in [0.1, 0.15) is 5.75 Å². The lowest BCUT2D eigenvalue weighted by Gasteiger charge is -2.08. The molecule has 0 radical (unpaired) electrons. The molecule has 0 aliphatic heterocycles. The second-order valence-electron chi connectivity index (χ2n) is 3.81. The largest absolute Gasteiger partial charge is 0.497 e. The van der Waals surface area contributed by atoms with E-state index in [1.165, 1.54) is 0 Å². The normalized spacial score (nSPS) is 10.1. The number of halogens is 2. The van der Waals surface area contributed by atoms with Crippen molar-refractivity contribution >= 4 is 50.1 Å². The molecule has 0 aliphatic carbocycles. The summed E-state index contributed by atoms with van der Waals surface area (Å²) in [5.74, 6) is 0.570. The number of amides is 1. The van der Waals surface area contributed by atoms with Crippen molar-refractivity contribution in [1.29, 1.82) is 0 Å². The van der Waals surface area contributed by atoms with Crippen molar-refractivity contribution in [3.63, 3.8) is 0 Å². The van der Waals surface area contributed by atoms with Gasteiger partial charge in [0.2, 0.25) is 0 Å². The Morgan fingerprint density at radius 1 is 1.26 bits per heavy atom. The zero-order chi connectivity index (χ0) is 13.8. The van der Waals surface area contributed by atoms with Crippen LogP contribution in [-0.2, 0) is 0 Å². The summed E-state index contributed by atoms with van der Waals surface area (Å²) < 4.78 is 6.91. The fourth-order valence-corrected chi connectivity index (χ4v) is 2.51. The number of nitrogens with one attached hydrogen (secondary N) is 1. The molecule has 0 fully saturated rings. The molecular weight excluding hydrogens is 421 g/mol. The van der Waals surface area contributed by atoms with Gasteiger partial charge in [0.25, 0.3) is 5.91 Å². The van der Waals surface area contributed by atoms with Crippen LogP contribution in [-0.4, -0.2) is 13.0 Å². The smallest absolute Gasteiger partial charge is 0.256 e. The summed E-state index contributed by atoms with van der Waals surface area (Å²) in [7, 11) is 1.60. The van der Waals surface area contributed by atoms with Gasteiger partial charge in [-0.25, -0.2) is 0 Å². The van der Waals surface area contributed by atoms with Crippen LogP contribution in [0, 0.1) is 3.57 Å². The lowest BCUT2D eigenvalue weighted by Crippen LogP contribution is -2.13. The maximum Gasteiger partial charge on any atom is 0.256 e. The molecule has 19 heavy (non-hydrogen) atoms. The van der Waals surface area contributed by atoms with Gasteiger partial charge >= 0.3 is 0 Å². The molecule has 0 heterocycles. The maximum absolute atomic E-state index is 12.2. The number of methoxy groups -OCH3 is 1. The molecule has 3 nitrogen and oxygen atoms in total. The zero-order valence-electron chi connectivity index (χ0n) is 10.1. The molecule has 2 rings (SSSR count). The molecule has 1 N–H and O–H groups in total. The summed E-state index contributed by atoms with van der Waals surface area (Å²) in [6, 6.07) is 12.9. The number of hydrogen-bond donors (Lipinski definition) is 1. The summed E-state index contributed by atoms with van der Waals surface area (Å²) in [6.45, 7) is 0. The first-order valence-corrected chi connectivity index (χ1v) is 7.38. The average molecular weight is 432 g/mol. The SMILES string of the molecule is COc1cccc(NC(=O)c2cc(Br)ccc2I)c1. The highest BCUT2D eigenvalue weighted by Gasteiger charge is 2.11. The van der Waals surface area contributed by atoms with Crippen LogP contribution in [0.1, 0.15) is 10.4 Å². The first-order chi connectivity index (χ1) is 9.10. The maximum atomic E-state index is 12.2. The van der Waals surface area contributed by atoms with Gasteiger partial charge in [-0.05, 0) is 52.9 Å². The predicted molar refractivity (Wildman–Crippen MR) is 87.8 cm³/mol. The third-order valence-electron chi connectivity index (χ3n) is 2.50. The van der Waals surface area contributed by atoms with Gasteiger partial charge in [0.05, 0.1) is 12.7 Å². The van der Waals surface area contributed by atoms with Crippen LogP contribution in [0.3, 0.4) is 0 Å². The number of carbonyl (C=O) groups is 1. The Hall–Kier alpha value is -1.08. The predicted octanol–water partition coefficient (Wildman–Crippen LogP) is 4.31. The molecule has 2 aromatic carbocycles. The second kappa shape index (κ2) is 6.38. The Kier molecular flexibility index (Phi) is 4.81. The Balaban J connectivity index is 2.23. The highest BCUT2D eigenvalue weighted by atomic mass is 127. The van der Waals surface area contributed by atoms with E-state index in [0.717, 1.165) is 8.04 Å². The van der Waals surface area contributed by atoms with E-state index in [1.807, 2.05) is 30.3 Å². The van der Waals surface area contributed by atoms with Gasteiger partial charge in [0.15, 0.2) is 0 Å². The van der Waals surface area contributed by atoms with Gasteiger partial charge in [-0.15, -0.1) is 0 Å². The summed E-state index contributed by atoms with van der Waals surface area (Å²) >= 11 is 5.51. The van der Waals surface area contributed by atoms with E-state index in [0.29, 0.717) is 17.0 Å². The standard InChI is InChI=1S/C14H11BrINO2/c1-19-11-4-2-3-10(8-11)17-14(18)12-7-9(15)5-6-13(12)16/h2-8H,1H3,(H,17,18). The van der Waals surface area contributed by atoms with E-state index in [9.17, 15) is 4.79 Å². The second-order valence-corrected chi connectivity index (χ2v) is 5.89. The molecule has 5 heteroatoms. The lowest BCUT2D eigenvalue weighted by atomic mass is 10.2. The number of carbonyl (C=O) groups excluding carboxylic acids is 1. The van der Waals surface area contributed by atoms with Crippen molar-refractivity contribution in [2.45, 2.75) is 0 Å². The lowest BCUT2D eigenvalue weighted by molar-refractivity contribution is 0.102. The fourth-order valence-electron chi connectivity index (χ4n) is 1.57. The topological polar surface area (TPSA) is 38.3 Å². The van der Waals surface area contributed by atoms with E-state index in [1.54, 1.807) is 19.2 Å². The summed E-state index contributed by atoms with van der Waals surface area (Å²) in [4.78, 5) is 12.2. The van der Waals surface area contributed by atoms with Crippen LogP contribution in [0.25, 0.3) is 0 Å². The van der Waals surface area contributed by atoms with Gasteiger partial charge in [-0.2, -0.15) is 0 Å². The van der Waals surface area contributed by atoms with E-state index in [-0.39, 0.29) is 5.91 Å². The highest BCUT2D eigenvalue weighted by Crippen LogP contribution is 2.21. The molecule has 98 valence electrons. The average Bonchev–Trinajstić information content (AvgIpc) is 2.41. The first kappa shape index (κ1) is 14.3. The van der Waals surface area contributed by atoms with Crippen molar-refractivity contribution in [2.24, 2.45) is 0 Å². The molecule has 0 spiro atoms. The molecule has 0 aliphatic rings. The fraction of sp³-hybridized carbons (Fsp3) is 0.0714. The van der Waals surface area contributed by atoms with Crippen molar-refractivity contribution in [3.8, 4) is 5.75 Å². The van der Waals surface area contributed by atoms with E-state index < -0.39 is 0 Å². The van der Waals surface area contributed by atoms with Gasteiger partial charge in [-0.1, -0.05) is 22.0 Å². The van der Waals surface area contributed by atoms with Crippen LogP contribution >= 0.6 is 38.5 Å². The molecule has 0 saturated carbocycles. The number of hydrogen-bond acceptors (Lipinski definition) is 2. The Morgan fingerprint density at radius 3 is 2.79 bits per heavy atom. The molecule has 0 unspecified atom stereocenters. The first-order valence-electron chi connectivity index (χ1n) is 5.50. The van der Waals surface area contributed by atoms with Crippen molar-refractivity contribution in [2.75, 3.05) is 12.4 Å². The van der Waals surface area contributed by atoms with Gasteiger partial charge in [-0.3, -0.25) is 4.79 Å². The summed E-state index contributed by atoms with van der Waals surface area (Å²) in [6.07, 6.45) is 0. The minimum atomic E-state index is -0.140. The third kappa shape index (κ3) is 3.70. The number of ether oxygens (including phenoxy) is 1. The molecule has 2 aromatic rings. The molecule has 0 saturated heterocycles. The van der Waals surface area contributed by atoms with Crippen LogP contribution in [0.15, 0.2) is 46.9 Å². The van der Waals surface area contributed by atoms with E-state index in [2.05, 4.69) is 43.8 Å². The van der Waals surface area contributed by atoms with Crippen molar-refractivity contribution < 1.29 is 9.53 Å².